The number of fused-ring (bicyclic) bond motifs is 1. The number of hydrogen-bond donors (Lipinski definition) is 2. The first-order chi connectivity index (χ1) is 12.9. The molecule has 0 bridgehead atoms. The van der Waals surface area contributed by atoms with E-state index in [2.05, 4.69) is 9.88 Å². The second-order valence-corrected chi connectivity index (χ2v) is 7.00. The van der Waals surface area contributed by atoms with E-state index in [1.165, 1.54) is 0 Å². The number of nitrogens with one attached hydrogen (secondary N) is 1. The first kappa shape index (κ1) is 19.2. The highest BCUT2D eigenvalue weighted by Gasteiger charge is 2.32. The van der Waals surface area contributed by atoms with E-state index in [9.17, 15) is 14.7 Å². The molecule has 8 heteroatoms. The van der Waals surface area contributed by atoms with Crippen LogP contribution in [0.3, 0.4) is 0 Å². The number of benzene rings is 1. The molecule has 2 N–H and O–H groups in total. The molecule has 8 nitrogen and oxygen atoms in total. The average Bonchev–Trinajstić information content (AvgIpc) is 3.05. The third-order valence-electron chi connectivity index (χ3n) is 5.08. The number of methoxy groups -OCH3 is 1. The molecular weight excluding hydrogens is 348 g/mol. The summed E-state index contributed by atoms with van der Waals surface area (Å²) in [5.41, 5.74) is 1.61. The van der Waals surface area contributed by atoms with Crippen LogP contribution in [0.2, 0.25) is 0 Å². The number of aromatic amines is 1. The zero-order chi connectivity index (χ0) is 19.6. The molecule has 146 valence electrons. The smallest absolute Gasteiger partial charge is 0.325 e. The van der Waals surface area contributed by atoms with Gasteiger partial charge in [-0.3, -0.25) is 19.4 Å². The normalized spacial score (nSPS) is 17.0. The molecule has 0 spiro atoms. The van der Waals surface area contributed by atoms with E-state index in [-0.39, 0.29) is 5.91 Å². The van der Waals surface area contributed by atoms with E-state index in [0.29, 0.717) is 38.5 Å². The van der Waals surface area contributed by atoms with Gasteiger partial charge >= 0.3 is 5.97 Å². The molecule has 1 aromatic carbocycles. The van der Waals surface area contributed by atoms with Gasteiger partial charge in [-0.05, 0) is 18.2 Å². The number of amides is 1. The molecule has 0 saturated carbocycles. The summed E-state index contributed by atoms with van der Waals surface area (Å²) in [6.07, 6.45) is 1.77. The molecule has 1 fully saturated rings. The Morgan fingerprint density at radius 2 is 1.96 bits per heavy atom. The van der Waals surface area contributed by atoms with Gasteiger partial charge < -0.3 is 19.7 Å². The molecule has 1 amide bonds. The van der Waals surface area contributed by atoms with Gasteiger partial charge in [-0.1, -0.05) is 0 Å². The standard InChI is InChI=1S/C19H26N4O4/c1-21(2)17(24)12-22-6-8-23(9-7-22)18(19(25)26)15-11-20-16-5-4-13(27-3)10-14(15)16/h4-5,10-11,18,20H,6-9,12H2,1-3H3,(H,25,26)/t18-/m0/s1. The van der Waals surface area contributed by atoms with Crippen LogP contribution in [-0.2, 0) is 9.59 Å². The van der Waals surface area contributed by atoms with E-state index in [1.807, 2.05) is 23.1 Å². The topological polar surface area (TPSA) is 89.1 Å². The lowest BCUT2D eigenvalue weighted by molar-refractivity contribution is -0.145. The highest BCUT2D eigenvalue weighted by atomic mass is 16.5. The van der Waals surface area contributed by atoms with Gasteiger partial charge in [0.05, 0.1) is 13.7 Å². The van der Waals surface area contributed by atoms with Crippen molar-refractivity contribution in [3.8, 4) is 5.75 Å². The third-order valence-corrected chi connectivity index (χ3v) is 5.08. The number of aliphatic carboxylic acids is 1. The minimum Gasteiger partial charge on any atom is -0.497 e. The lowest BCUT2D eigenvalue weighted by atomic mass is 10.0. The van der Waals surface area contributed by atoms with Crippen molar-refractivity contribution in [2.75, 3.05) is 53.9 Å². The van der Waals surface area contributed by atoms with Crippen LogP contribution in [0.4, 0.5) is 0 Å². The van der Waals surface area contributed by atoms with E-state index in [1.54, 1.807) is 32.3 Å². The lowest BCUT2D eigenvalue weighted by Crippen LogP contribution is -2.51. The first-order valence-electron chi connectivity index (χ1n) is 8.95. The van der Waals surface area contributed by atoms with Crippen molar-refractivity contribution < 1.29 is 19.4 Å². The van der Waals surface area contributed by atoms with Gasteiger partial charge in [0, 0.05) is 62.9 Å². The monoisotopic (exact) mass is 374 g/mol. The summed E-state index contributed by atoms with van der Waals surface area (Å²) in [7, 11) is 5.07. The summed E-state index contributed by atoms with van der Waals surface area (Å²) < 4.78 is 5.29. The van der Waals surface area contributed by atoms with Crippen molar-refractivity contribution >= 4 is 22.8 Å². The summed E-state index contributed by atoms with van der Waals surface area (Å²) in [6, 6.07) is 4.86. The number of carbonyl (C=O) groups is 2. The quantitative estimate of drug-likeness (QED) is 0.784. The van der Waals surface area contributed by atoms with Crippen LogP contribution in [0.25, 0.3) is 10.9 Å². The molecular formula is C19H26N4O4. The van der Waals surface area contributed by atoms with Gasteiger partial charge in [-0.25, -0.2) is 0 Å². The Morgan fingerprint density at radius 3 is 2.56 bits per heavy atom. The number of carboxylic acids is 1. The number of nitrogens with zero attached hydrogens (tertiary/aromatic N) is 3. The summed E-state index contributed by atoms with van der Waals surface area (Å²) >= 11 is 0. The second kappa shape index (κ2) is 7.98. The molecule has 0 aliphatic carbocycles. The fourth-order valence-corrected chi connectivity index (χ4v) is 3.47. The third kappa shape index (κ3) is 4.06. The van der Waals surface area contributed by atoms with Crippen molar-refractivity contribution in [1.82, 2.24) is 19.7 Å². The number of rotatable bonds is 6. The molecule has 1 aliphatic rings. The van der Waals surface area contributed by atoms with Crippen LogP contribution in [0.5, 0.6) is 5.75 Å². The SMILES string of the molecule is COc1ccc2[nH]cc([C@@H](C(=O)O)N3CCN(CC(=O)N(C)C)CC3)c2c1. The van der Waals surface area contributed by atoms with Gasteiger partial charge in [-0.15, -0.1) is 0 Å². The van der Waals surface area contributed by atoms with Gasteiger partial charge in [0.15, 0.2) is 0 Å². The maximum atomic E-state index is 12.1. The Labute approximate surface area is 158 Å². The predicted octanol–water partition coefficient (Wildman–Crippen LogP) is 1.01. The molecule has 1 aliphatic heterocycles. The number of likely N-dealkylation sites (N-methyl/N-ethyl adjacent to an activating group) is 1. The van der Waals surface area contributed by atoms with Crippen molar-refractivity contribution in [2.45, 2.75) is 6.04 Å². The van der Waals surface area contributed by atoms with Crippen LogP contribution in [-0.4, -0.2) is 90.6 Å². The fourth-order valence-electron chi connectivity index (χ4n) is 3.47. The molecule has 0 unspecified atom stereocenters. The van der Waals surface area contributed by atoms with Crippen molar-refractivity contribution in [2.24, 2.45) is 0 Å². The van der Waals surface area contributed by atoms with Crippen LogP contribution < -0.4 is 4.74 Å². The number of carboxylic acid groups (broad SMARTS) is 1. The maximum Gasteiger partial charge on any atom is 0.325 e. The van der Waals surface area contributed by atoms with Crippen molar-refractivity contribution in [1.29, 1.82) is 0 Å². The van der Waals surface area contributed by atoms with E-state index >= 15 is 0 Å². The fraction of sp³-hybridized carbons (Fsp3) is 0.474. The molecule has 2 aromatic rings. The van der Waals surface area contributed by atoms with Crippen molar-refractivity contribution in [3.63, 3.8) is 0 Å². The summed E-state index contributed by atoms with van der Waals surface area (Å²) in [5, 5.41) is 10.8. The van der Waals surface area contributed by atoms with Crippen molar-refractivity contribution in [3.05, 3.63) is 30.0 Å². The van der Waals surface area contributed by atoms with Crippen LogP contribution in [0.15, 0.2) is 24.4 Å². The van der Waals surface area contributed by atoms with E-state index in [4.69, 9.17) is 4.74 Å². The van der Waals surface area contributed by atoms with Crippen LogP contribution in [0.1, 0.15) is 11.6 Å². The molecule has 0 radical (unpaired) electrons. The Morgan fingerprint density at radius 1 is 1.26 bits per heavy atom. The van der Waals surface area contributed by atoms with Gasteiger partial charge in [0.25, 0.3) is 0 Å². The molecule has 1 atom stereocenters. The minimum atomic E-state index is -0.878. The average molecular weight is 374 g/mol. The summed E-state index contributed by atoms with van der Waals surface area (Å²) in [4.78, 5) is 32.7. The van der Waals surface area contributed by atoms with Crippen LogP contribution >= 0.6 is 0 Å². The van der Waals surface area contributed by atoms with Gasteiger partial charge in [-0.2, -0.15) is 0 Å². The van der Waals surface area contributed by atoms with Gasteiger partial charge in [0.1, 0.15) is 11.8 Å². The Bertz CT molecular complexity index is 824. The molecule has 27 heavy (non-hydrogen) atoms. The first-order valence-corrected chi connectivity index (χ1v) is 8.95. The second-order valence-electron chi connectivity index (χ2n) is 7.00. The maximum absolute atomic E-state index is 12.1. The number of aromatic nitrogens is 1. The zero-order valence-electron chi connectivity index (χ0n) is 15.9. The van der Waals surface area contributed by atoms with E-state index in [0.717, 1.165) is 16.5 Å². The minimum absolute atomic E-state index is 0.0574. The van der Waals surface area contributed by atoms with Gasteiger partial charge in [0.2, 0.25) is 5.91 Å². The largest absolute Gasteiger partial charge is 0.497 e. The number of hydrogen-bond acceptors (Lipinski definition) is 5. The highest BCUT2D eigenvalue weighted by molar-refractivity contribution is 5.90. The Hall–Kier alpha value is -2.58. The zero-order valence-corrected chi connectivity index (χ0v) is 15.9. The number of H-pyrrole nitrogens is 1. The molecule has 2 heterocycles. The van der Waals surface area contributed by atoms with Crippen LogP contribution in [0, 0.1) is 0 Å². The number of ether oxygens (including phenoxy) is 1. The molecule has 1 saturated heterocycles. The number of piperazine rings is 1. The highest BCUT2D eigenvalue weighted by Crippen LogP contribution is 2.31. The summed E-state index contributed by atoms with van der Waals surface area (Å²) in [6.45, 7) is 2.87. The summed E-state index contributed by atoms with van der Waals surface area (Å²) in [5.74, 6) is -0.127. The molecule has 3 rings (SSSR count). The Kier molecular flexibility index (Phi) is 5.67. The molecule has 1 aromatic heterocycles. The van der Waals surface area contributed by atoms with E-state index < -0.39 is 12.0 Å². The predicted molar refractivity (Wildman–Crippen MR) is 102 cm³/mol. The lowest BCUT2D eigenvalue weighted by Gasteiger charge is -2.37. The Balaban J connectivity index is 1.78. The number of carbonyl (C=O) groups excluding carboxylic acids is 1.